The molecule has 9 nitrogen and oxygen atoms in total. The molecule has 0 saturated carbocycles. The summed E-state index contributed by atoms with van der Waals surface area (Å²) in [4.78, 5) is 43.1. The van der Waals surface area contributed by atoms with Crippen LogP contribution in [0.3, 0.4) is 0 Å². The molecule has 4 N–H and O–H groups in total. The van der Waals surface area contributed by atoms with Crippen LogP contribution < -0.4 is 16.6 Å². The molecule has 0 radical (unpaired) electrons. The van der Waals surface area contributed by atoms with Gasteiger partial charge in [0.1, 0.15) is 0 Å². The second kappa shape index (κ2) is 6.83. The van der Waals surface area contributed by atoms with E-state index in [1.54, 1.807) is 0 Å². The fourth-order valence-corrected chi connectivity index (χ4v) is 1.23. The van der Waals surface area contributed by atoms with Gasteiger partial charge in [-0.15, -0.1) is 0 Å². The summed E-state index contributed by atoms with van der Waals surface area (Å²) in [5.74, 6) is -1.83. The van der Waals surface area contributed by atoms with Gasteiger partial charge in [0.2, 0.25) is 11.8 Å². The maximum absolute atomic E-state index is 11.6. The molecule has 0 spiro atoms. The number of nitro groups is 1. The Morgan fingerprint density at radius 3 is 2.20 bits per heavy atom. The van der Waals surface area contributed by atoms with E-state index in [9.17, 15) is 24.5 Å². The standard InChI is InChI=1S/C11H12N4O5/c12-9(16)5-6-10(17)13-14-11(18)7-1-3-8(4-2-7)15(19)20/h1-4H,5-6H2,(H2,12,16)(H,13,17)(H,14,18). The highest BCUT2D eigenvalue weighted by Gasteiger charge is 2.10. The molecule has 0 bridgehead atoms. The minimum atomic E-state index is -0.632. The molecule has 0 atom stereocenters. The van der Waals surface area contributed by atoms with E-state index in [0.29, 0.717) is 0 Å². The lowest BCUT2D eigenvalue weighted by atomic mass is 10.2. The van der Waals surface area contributed by atoms with Crippen LogP contribution >= 0.6 is 0 Å². The number of nitro benzene ring substituents is 1. The summed E-state index contributed by atoms with van der Waals surface area (Å²) in [6, 6.07) is 4.85. The van der Waals surface area contributed by atoms with Crippen LogP contribution in [0, 0.1) is 10.1 Å². The van der Waals surface area contributed by atoms with E-state index < -0.39 is 22.6 Å². The van der Waals surface area contributed by atoms with Crippen LogP contribution in [0.4, 0.5) is 5.69 Å². The number of carbonyl (C=O) groups excluding carboxylic acids is 3. The number of nitrogens with two attached hydrogens (primary N) is 1. The lowest BCUT2D eigenvalue weighted by Crippen LogP contribution is -2.41. The van der Waals surface area contributed by atoms with Gasteiger partial charge >= 0.3 is 0 Å². The summed E-state index contributed by atoms with van der Waals surface area (Å²) in [5.41, 5.74) is 9.07. The van der Waals surface area contributed by atoms with Crippen molar-refractivity contribution in [2.24, 2.45) is 5.73 Å². The second-order valence-corrected chi connectivity index (χ2v) is 3.77. The van der Waals surface area contributed by atoms with Gasteiger partial charge < -0.3 is 5.73 Å². The monoisotopic (exact) mass is 280 g/mol. The molecule has 0 aliphatic heterocycles. The molecule has 0 heterocycles. The van der Waals surface area contributed by atoms with E-state index in [0.717, 1.165) is 0 Å². The number of carbonyl (C=O) groups is 3. The molecule has 106 valence electrons. The molecule has 1 aromatic rings. The van der Waals surface area contributed by atoms with Gasteiger partial charge in [0.25, 0.3) is 11.6 Å². The van der Waals surface area contributed by atoms with Crippen LogP contribution in [0.2, 0.25) is 0 Å². The average Bonchev–Trinajstić information content (AvgIpc) is 2.42. The van der Waals surface area contributed by atoms with Crippen LogP contribution in [-0.2, 0) is 9.59 Å². The fraction of sp³-hybridized carbons (Fsp3) is 0.182. The first kappa shape index (κ1) is 15.1. The van der Waals surface area contributed by atoms with E-state index in [2.05, 4.69) is 10.9 Å². The van der Waals surface area contributed by atoms with Crippen molar-refractivity contribution in [3.05, 3.63) is 39.9 Å². The van der Waals surface area contributed by atoms with Crippen molar-refractivity contribution < 1.29 is 19.3 Å². The van der Waals surface area contributed by atoms with Crippen molar-refractivity contribution in [2.75, 3.05) is 0 Å². The third kappa shape index (κ3) is 4.72. The molecular formula is C11H12N4O5. The number of hydrogen-bond donors (Lipinski definition) is 3. The molecule has 20 heavy (non-hydrogen) atoms. The molecule has 0 unspecified atom stereocenters. The van der Waals surface area contributed by atoms with E-state index in [-0.39, 0.29) is 24.1 Å². The number of benzene rings is 1. The van der Waals surface area contributed by atoms with Gasteiger partial charge in [-0.2, -0.15) is 0 Å². The molecule has 0 aliphatic carbocycles. The number of amides is 3. The Balaban J connectivity index is 2.48. The Labute approximate surface area is 113 Å². The van der Waals surface area contributed by atoms with Gasteiger partial charge in [0.05, 0.1) is 4.92 Å². The maximum Gasteiger partial charge on any atom is 0.269 e. The smallest absolute Gasteiger partial charge is 0.269 e. The molecular weight excluding hydrogens is 268 g/mol. The molecule has 1 aromatic carbocycles. The van der Waals surface area contributed by atoms with E-state index in [4.69, 9.17) is 5.73 Å². The van der Waals surface area contributed by atoms with Crippen molar-refractivity contribution in [2.45, 2.75) is 12.8 Å². The highest BCUT2D eigenvalue weighted by molar-refractivity contribution is 5.95. The molecule has 0 saturated heterocycles. The Kier molecular flexibility index (Phi) is 5.15. The van der Waals surface area contributed by atoms with Crippen LogP contribution in [0.15, 0.2) is 24.3 Å². The third-order valence-electron chi connectivity index (χ3n) is 2.25. The second-order valence-electron chi connectivity index (χ2n) is 3.77. The number of primary amides is 1. The van der Waals surface area contributed by atoms with Gasteiger partial charge in [0, 0.05) is 30.5 Å². The first-order valence-corrected chi connectivity index (χ1v) is 5.52. The summed E-state index contributed by atoms with van der Waals surface area (Å²) in [7, 11) is 0. The van der Waals surface area contributed by atoms with Gasteiger partial charge in [-0.25, -0.2) is 0 Å². The number of nitrogens with one attached hydrogen (secondary N) is 2. The number of nitrogens with zero attached hydrogens (tertiary/aromatic N) is 1. The van der Waals surface area contributed by atoms with Crippen LogP contribution in [0.1, 0.15) is 23.2 Å². The van der Waals surface area contributed by atoms with Gasteiger partial charge in [-0.05, 0) is 12.1 Å². The fourth-order valence-electron chi connectivity index (χ4n) is 1.23. The van der Waals surface area contributed by atoms with E-state index in [1.807, 2.05) is 0 Å². The highest BCUT2D eigenvalue weighted by Crippen LogP contribution is 2.11. The highest BCUT2D eigenvalue weighted by atomic mass is 16.6. The topological polar surface area (TPSA) is 144 Å². The van der Waals surface area contributed by atoms with E-state index in [1.165, 1.54) is 24.3 Å². The van der Waals surface area contributed by atoms with E-state index >= 15 is 0 Å². The van der Waals surface area contributed by atoms with Crippen LogP contribution in [-0.4, -0.2) is 22.6 Å². The predicted octanol–water partition coefficient (Wildman–Crippen LogP) is -0.379. The number of rotatable bonds is 5. The summed E-state index contributed by atoms with van der Waals surface area (Å²) in [5, 5.41) is 10.4. The van der Waals surface area contributed by atoms with Crippen molar-refractivity contribution in [1.29, 1.82) is 0 Å². The van der Waals surface area contributed by atoms with Crippen LogP contribution in [0.5, 0.6) is 0 Å². The molecule has 0 aliphatic rings. The predicted molar refractivity (Wildman–Crippen MR) is 67.1 cm³/mol. The van der Waals surface area contributed by atoms with Crippen molar-refractivity contribution in [3.8, 4) is 0 Å². The molecule has 9 heteroatoms. The Morgan fingerprint density at radius 2 is 1.70 bits per heavy atom. The van der Waals surface area contributed by atoms with Gasteiger partial charge in [0.15, 0.2) is 0 Å². The Morgan fingerprint density at radius 1 is 1.10 bits per heavy atom. The quantitative estimate of drug-likeness (QED) is 0.497. The van der Waals surface area contributed by atoms with Crippen molar-refractivity contribution in [3.63, 3.8) is 0 Å². The number of hydrazine groups is 1. The van der Waals surface area contributed by atoms with Crippen LogP contribution in [0.25, 0.3) is 0 Å². The van der Waals surface area contributed by atoms with Crippen molar-refractivity contribution >= 4 is 23.4 Å². The molecule has 0 fully saturated rings. The Hall–Kier alpha value is -2.97. The number of non-ortho nitro benzene ring substituents is 1. The zero-order chi connectivity index (χ0) is 15.1. The first-order valence-electron chi connectivity index (χ1n) is 5.52. The first-order chi connectivity index (χ1) is 9.40. The SMILES string of the molecule is NC(=O)CCC(=O)NNC(=O)c1ccc([N+](=O)[O-])cc1. The lowest BCUT2D eigenvalue weighted by Gasteiger charge is -2.06. The summed E-state index contributed by atoms with van der Waals surface area (Å²) in [6.07, 6.45) is -0.269. The lowest BCUT2D eigenvalue weighted by molar-refractivity contribution is -0.384. The largest absolute Gasteiger partial charge is 0.370 e. The number of hydrogen-bond acceptors (Lipinski definition) is 5. The van der Waals surface area contributed by atoms with Gasteiger partial charge in [-0.3, -0.25) is 35.3 Å². The van der Waals surface area contributed by atoms with Gasteiger partial charge in [-0.1, -0.05) is 0 Å². The summed E-state index contributed by atoms with van der Waals surface area (Å²) >= 11 is 0. The minimum absolute atomic E-state index is 0.126. The normalized spacial score (nSPS) is 9.60. The molecule has 1 rings (SSSR count). The third-order valence-corrected chi connectivity index (χ3v) is 2.25. The minimum Gasteiger partial charge on any atom is -0.370 e. The maximum atomic E-state index is 11.6. The summed E-state index contributed by atoms with van der Waals surface area (Å²) in [6.45, 7) is 0. The molecule has 0 aromatic heterocycles. The zero-order valence-corrected chi connectivity index (χ0v) is 10.3. The average molecular weight is 280 g/mol. The zero-order valence-electron chi connectivity index (χ0n) is 10.3. The van der Waals surface area contributed by atoms with Crippen molar-refractivity contribution in [1.82, 2.24) is 10.9 Å². The molecule has 3 amide bonds. The summed E-state index contributed by atoms with van der Waals surface area (Å²) < 4.78 is 0. The Bertz CT molecular complexity index is 540.